The quantitative estimate of drug-likeness (QED) is 0.148. The van der Waals surface area contributed by atoms with E-state index in [-0.39, 0.29) is 5.41 Å². The van der Waals surface area contributed by atoms with Gasteiger partial charge in [0, 0.05) is 38.9 Å². The maximum atomic E-state index is 2.46. The summed E-state index contributed by atoms with van der Waals surface area (Å²) in [4.78, 5) is 2.46. The van der Waals surface area contributed by atoms with Gasteiger partial charge in [0.15, 0.2) is 0 Å². The molecule has 11 aromatic rings. The minimum atomic E-state index is -0.145. The highest BCUT2D eigenvalue weighted by atomic mass is 15.1. The molecule has 0 saturated heterocycles. The first kappa shape index (κ1) is 38.5. The standard InChI is InChI=1S/C63H46N2/c1-63(2)59-28-16-14-26-55(59)56-37-35-51(42-60(56)63)64(50-33-30-45(31-34-50)43-18-6-3-7-19-43)52-39-47(44-20-8-4-9-21-44)38-48(40-52)54-25-13-12-24-53(54)46-32-36-58-57-27-15-17-29-61(57)65(62(58)41-46)49-22-10-5-11-23-49/h3-42H,1-2H3. The van der Waals surface area contributed by atoms with Gasteiger partial charge >= 0.3 is 0 Å². The largest absolute Gasteiger partial charge is 0.310 e. The molecular weight excluding hydrogens is 785 g/mol. The van der Waals surface area contributed by atoms with E-state index < -0.39 is 0 Å². The van der Waals surface area contributed by atoms with Crippen LogP contribution in [0.3, 0.4) is 0 Å². The molecule has 12 rings (SSSR count). The fourth-order valence-electron chi connectivity index (χ4n) is 10.4. The molecule has 10 aromatic carbocycles. The van der Waals surface area contributed by atoms with Crippen molar-refractivity contribution < 1.29 is 0 Å². The zero-order chi connectivity index (χ0) is 43.5. The molecule has 0 unspecified atom stereocenters. The number of rotatable bonds is 8. The highest BCUT2D eigenvalue weighted by Gasteiger charge is 2.36. The minimum Gasteiger partial charge on any atom is -0.310 e. The molecule has 1 aromatic heterocycles. The second kappa shape index (κ2) is 15.6. The summed E-state index contributed by atoms with van der Waals surface area (Å²) in [5.41, 5.74) is 21.5. The molecule has 0 amide bonds. The third kappa shape index (κ3) is 6.57. The number of hydrogen-bond acceptors (Lipinski definition) is 1. The second-order valence-electron chi connectivity index (χ2n) is 17.7. The van der Waals surface area contributed by atoms with Crippen LogP contribution in [0.25, 0.3) is 83.1 Å². The van der Waals surface area contributed by atoms with Crippen molar-refractivity contribution >= 4 is 38.9 Å². The number of hydrogen-bond donors (Lipinski definition) is 0. The van der Waals surface area contributed by atoms with Crippen molar-refractivity contribution in [3.8, 4) is 61.3 Å². The topological polar surface area (TPSA) is 8.17 Å². The Labute approximate surface area is 381 Å². The number of benzene rings is 10. The van der Waals surface area contributed by atoms with Gasteiger partial charge in [0.25, 0.3) is 0 Å². The zero-order valence-electron chi connectivity index (χ0n) is 36.5. The summed E-state index contributed by atoms with van der Waals surface area (Å²) < 4.78 is 2.41. The summed E-state index contributed by atoms with van der Waals surface area (Å²) in [5, 5.41) is 2.50. The van der Waals surface area contributed by atoms with E-state index in [1.165, 1.54) is 77.4 Å². The molecule has 0 atom stereocenters. The third-order valence-electron chi connectivity index (χ3n) is 13.6. The van der Waals surface area contributed by atoms with Gasteiger partial charge in [-0.2, -0.15) is 0 Å². The zero-order valence-corrected chi connectivity index (χ0v) is 36.5. The van der Waals surface area contributed by atoms with E-state index in [2.05, 4.69) is 266 Å². The van der Waals surface area contributed by atoms with Crippen molar-refractivity contribution in [3.05, 3.63) is 254 Å². The average Bonchev–Trinajstić information content (AvgIpc) is 3.82. The smallest absolute Gasteiger partial charge is 0.0547 e. The number of para-hydroxylation sites is 2. The SMILES string of the molecule is CC1(C)c2ccccc2-c2ccc(N(c3ccc(-c4ccccc4)cc3)c3cc(-c4ccccc4)cc(-c4ccccc4-c4ccc5c6ccccc6n(-c6ccccc6)c5c4)c3)cc21. The molecule has 0 fully saturated rings. The van der Waals surface area contributed by atoms with E-state index in [0.717, 1.165) is 33.9 Å². The molecule has 2 heteroatoms. The van der Waals surface area contributed by atoms with Gasteiger partial charge in [-0.3, -0.25) is 0 Å². The fraction of sp³-hybridized carbons (Fsp3) is 0.0476. The van der Waals surface area contributed by atoms with Crippen molar-refractivity contribution in [3.63, 3.8) is 0 Å². The highest BCUT2D eigenvalue weighted by molar-refractivity contribution is 6.10. The van der Waals surface area contributed by atoms with Gasteiger partial charge in [-0.25, -0.2) is 0 Å². The number of aromatic nitrogens is 1. The van der Waals surface area contributed by atoms with Crippen LogP contribution in [0.5, 0.6) is 0 Å². The Morgan fingerprint density at radius 2 is 0.831 bits per heavy atom. The third-order valence-corrected chi connectivity index (χ3v) is 13.6. The van der Waals surface area contributed by atoms with Gasteiger partial charge < -0.3 is 9.47 Å². The van der Waals surface area contributed by atoms with Crippen molar-refractivity contribution in [2.75, 3.05) is 4.90 Å². The van der Waals surface area contributed by atoms with Gasteiger partial charge in [-0.05, 0) is 133 Å². The summed E-state index contributed by atoms with van der Waals surface area (Å²) in [6, 6.07) is 89.0. The van der Waals surface area contributed by atoms with Crippen LogP contribution in [0.4, 0.5) is 17.1 Å². The molecule has 0 saturated carbocycles. The minimum absolute atomic E-state index is 0.145. The summed E-state index contributed by atoms with van der Waals surface area (Å²) in [5.74, 6) is 0. The van der Waals surface area contributed by atoms with Gasteiger partial charge in [0.2, 0.25) is 0 Å². The Kier molecular flexibility index (Phi) is 9.21. The predicted octanol–water partition coefficient (Wildman–Crippen LogP) is 17.2. The first-order valence-electron chi connectivity index (χ1n) is 22.6. The normalized spacial score (nSPS) is 12.6. The van der Waals surface area contributed by atoms with Crippen molar-refractivity contribution in [2.24, 2.45) is 0 Å². The van der Waals surface area contributed by atoms with E-state index in [4.69, 9.17) is 0 Å². The van der Waals surface area contributed by atoms with Gasteiger partial charge in [0.1, 0.15) is 0 Å². The van der Waals surface area contributed by atoms with E-state index in [1.807, 2.05) is 0 Å². The molecule has 1 aliphatic rings. The fourth-order valence-corrected chi connectivity index (χ4v) is 10.4. The van der Waals surface area contributed by atoms with Gasteiger partial charge in [-0.1, -0.05) is 190 Å². The van der Waals surface area contributed by atoms with Crippen LogP contribution in [0.1, 0.15) is 25.0 Å². The van der Waals surface area contributed by atoms with Crippen molar-refractivity contribution in [1.82, 2.24) is 4.57 Å². The average molecular weight is 831 g/mol. The highest BCUT2D eigenvalue weighted by Crippen LogP contribution is 2.51. The number of anilines is 3. The van der Waals surface area contributed by atoms with Gasteiger partial charge in [-0.15, -0.1) is 0 Å². The molecule has 308 valence electrons. The molecule has 0 radical (unpaired) electrons. The lowest BCUT2D eigenvalue weighted by molar-refractivity contribution is 0.660. The van der Waals surface area contributed by atoms with E-state index in [1.54, 1.807) is 0 Å². The van der Waals surface area contributed by atoms with Crippen LogP contribution in [-0.4, -0.2) is 4.57 Å². The summed E-state index contributed by atoms with van der Waals surface area (Å²) in [6.07, 6.45) is 0. The van der Waals surface area contributed by atoms with E-state index >= 15 is 0 Å². The van der Waals surface area contributed by atoms with Crippen LogP contribution >= 0.6 is 0 Å². The molecule has 2 nitrogen and oxygen atoms in total. The summed E-state index contributed by atoms with van der Waals surface area (Å²) >= 11 is 0. The lowest BCUT2D eigenvalue weighted by Crippen LogP contribution is -2.16. The first-order valence-corrected chi connectivity index (χ1v) is 22.6. The first-order chi connectivity index (χ1) is 32.0. The molecule has 0 aliphatic heterocycles. The Hall–Kier alpha value is -8.20. The Morgan fingerprint density at radius 1 is 0.308 bits per heavy atom. The maximum Gasteiger partial charge on any atom is 0.0547 e. The number of nitrogens with zero attached hydrogens (tertiary/aromatic N) is 2. The molecule has 0 spiro atoms. The van der Waals surface area contributed by atoms with Crippen LogP contribution in [-0.2, 0) is 5.41 Å². The van der Waals surface area contributed by atoms with Crippen LogP contribution in [0.15, 0.2) is 243 Å². The summed E-state index contributed by atoms with van der Waals surface area (Å²) in [6.45, 7) is 4.73. The van der Waals surface area contributed by atoms with Crippen LogP contribution < -0.4 is 4.90 Å². The molecular formula is C63H46N2. The lowest BCUT2D eigenvalue weighted by Gasteiger charge is -2.29. The van der Waals surface area contributed by atoms with Crippen molar-refractivity contribution in [1.29, 1.82) is 0 Å². The molecule has 0 bridgehead atoms. The Balaban J connectivity index is 1.06. The predicted molar refractivity (Wildman–Crippen MR) is 275 cm³/mol. The van der Waals surface area contributed by atoms with E-state index in [9.17, 15) is 0 Å². The Morgan fingerprint density at radius 3 is 1.57 bits per heavy atom. The van der Waals surface area contributed by atoms with E-state index in [0.29, 0.717) is 0 Å². The maximum absolute atomic E-state index is 2.46. The lowest BCUT2D eigenvalue weighted by atomic mass is 9.82. The van der Waals surface area contributed by atoms with Crippen LogP contribution in [0.2, 0.25) is 0 Å². The van der Waals surface area contributed by atoms with Crippen molar-refractivity contribution in [2.45, 2.75) is 19.3 Å². The molecule has 0 N–H and O–H groups in total. The Bertz CT molecular complexity index is 3550. The number of fused-ring (bicyclic) bond motifs is 6. The van der Waals surface area contributed by atoms with Crippen LogP contribution in [0, 0.1) is 0 Å². The molecule has 1 heterocycles. The summed E-state index contributed by atoms with van der Waals surface area (Å²) in [7, 11) is 0. The molecule has 1 aliphatic carbocycles. The second-order valence-corrected chi connectivity index (χ2v) is 17.7. The molecule has 65 heavy (non-hydrogen) atoms. The monoisotopic (exact) mass is 830 g/mol. The van der Waals surface area contributed by atoms with Gasteiger partial charge in [0.05, 0.1) is 11.0 Å².